The number of phenols is 1. The van der Waals surface area contributed by atoms with E-state index in [-0.39, 0.29) is 16.9 Å². The third-order valence-electron chi connectivity index (χ3n) is 10.1. The Balaban J connectivity index is 1.39. The number of aromatic hydroxyl groups is 1. The molecule has 3 fully saturated rings. The maximum atomic E-state index is 11.1. The lowest BCUT2D eigenvalue weighted by Gasteiger charge is -2.60. The van der Waals surface area contributed by atoms with Crippen LogP contribution in [0.3, 0.4) is 0 Å². The molecular formula is C29H43NO2. The van der Waals surface area contributed by atoms with Crippen LogP contribution in [0.25, 0.3) is 0 Å². The molecule has 0 radical (unpaired) electrons. The van der Waals surface area contributed by atoms with Gasteiger partial charge in [0.05, 0.1) is 6.10 Å². The fraction of sp³-hybridized carbons (Fsp3) is 0.724. The summed E-state index contributed by atoms with van der Waals surface area (Å²) in [6, 6.07) is 6.11. The van der Waals surface area contributed by atoms with Crippen LogP contribution in [-0.2, 0) is 6.42 Å². The Kier molecular flexibility index (Phi) is 6.18. The van der Waals surface area contributed by atoms with Crippen LogP contribution >= 0.6 is 0 Å². The van der Waals surface area contributed by atoms with Crippen molar-refractivity contribution in [2.45, 2.75) is 89.6 Å². The van der Waals surface area contributed by atoms with E-state index in [1.807, 2.05) is 12.1 Å². The van der Waals surface area contributed by atoms with Gasteiger partial charge in [-0.2, -0.15) is 0 Å². The molecule has 0 bridgehead atoms. The molecule has 32 heavy (non-hydrogen) atoms. The van der Waals surface area contributed by atoms with Crippen molar-refractivity contribution >= 4 is 0 Å². The van der Waals surface area contributed by atoms with Crippen LogP contribution in [0.15, 0.2) is 30.9 Å². The van der Waals surface area contributed by atoms with E-state index >= 15 is 0 Å². The van der Waals surface area contributed by atoms with Gasteiger partial charge in [0, 0.05) is 0 Å². The standard InChI is InChI=1S/C29H43NO2/c1-3-29-15-14-21-19-23(31)10-11-24(21)27(29)22(20-28(2)25(29)12-13-26(28)32)9-5-4-6-16-30-17-7-8-18-30/h3,10-11,19,22,25-27,31-32H,1,4-9,12-18,20H2,2H3/t22-,25+,26-,27+,28-,29?/m0/s1. The molecule has 0 amide bonds. The van der Waals surface area contributed by atoms with E-state index in [1.165, 1.54) is 69.3 Å². The number of nitrogens with zero attached hydrogens (tertiary/aromatic N) is 1. The summed E-state index contributed by atoms with van der Waals surface area (Å²) in [5.41, 5.74) is 2.89. The van der Waals surface area contributed by atoms with Gasteiger partial charge in [-0.05, 0) is 129 Å². The second-order valence-corrected chi connectivity index (χ2v) is 11.7. The summed E-state index contributed by atoms with van der Waals surface area (Å²) in [5, 5.41) is 21.2. The fourth-order valence-corrected chi connectivity index (χ4v) is 8.62. The van der Waals surface area contributed by atoms with Crippen LogP contribution in [-0.4, -0.2) is 40.9 Å². The number of benzene rings is 1. The SMILES string of the molecule is C=CC12CCc3cc(O)ccc3[C@H]1[C@@H](CCCCCN1CCCC1)C[C@]1(C)[C@@H](O)CC[C@@H]21. The molecule has 2 N–H and O–H groups in total. The zero-order valence-corrected chi connectivity index (χ0v) is 20.1. The van der Waals surface area contributed by atoms with E-state index in [4.69, 9.17) is 0 Å². The lowest BCUT2D eigenvalue weighted by molar-refractivity contribution is -0.0812. The van der Waals surface area contributed by atoms with Crippen LogP contribution in [0.4, 0.5) is 0 Å². The minimum Gasteiger partial charge on any atom is -0.508 e. The molecule has 1 aromatic carbocycles. The third kappa shape index (κ3) is 3.64. The zero-order chi connectivity index (χ0) is 22.3. The first-order chi connectivity index (χ1) is 15.5. The number of rotatable bonds is 7. The normalized spacial score (nSPS) is 38.8. The summed E-state index contributed by atoms with van der Waals surface area (Å²) in [7, 11) is 0. The summed E-state index contributed by atoms with van der Waals surface area (Å²) in [6.07, 6.45) is 15.3. The first-order valence-corrected chi connectivity index (χ1v) is 13.3. The van der Waals surface area contributed by atoms with Gasteiger partial charge < -0.3 is 15.1 Å². The maximum Gasteiger partial charge on any atom is 0.115 e. The van der Waals surface area contributed by atoms with Crippen molar-refractivity contribution in [1.82, 2.24) is 4.90 Å². The molecule has 4 aliphatic rings. The molecule has 176 valence electrons. The fourth-order valence-electron chi connectivity index (χ4n) is 8.62. The second kappa shape index (κ2) is 8.80. The van der Waals surface area contributed by atoms with Crippen molar-refractivity contribution < 1.29 is 10.2 Å². The Hall–Kier alpha value is -1.32. The van der Waals surface area contributed by atoms with Gasteiger partial charge in [-0.3, -0.25) is 0 Å². The molecule has 5 rings (SSSR count). The monoisotopic (exact) mass is 437 g/mol. The number of hydrogen-bond donors (Lipinski definition) is 2. The largest absolute Gasteiger partial charge is 0.508 e. The number of aliphatic hydroxyl groups is 1. The van der Waals surface area contributed by atoms with Crippen molar-refractivity contribution in [3.63, 3.8) is 0 Å². The lowest BCUT2D eigenvalue weighted by atomic mass is 9.44. The number of fused-ring (bicyclic) bond motifs is 5. The van der Waals surface area contributed by atoms with Gasteiger partial charge in [0.25, 0.3) is 0 Å². The smallest absolute Gasteiger partial charge is 0.115 e. The van der Waals surface area contributed by atoms with Crippen molar-refractivity contribution in [3.8, 4) is 5.75 Å². The Morgan fingerprint density at radius 3 is 2.75 bits per heavy atom. The van der Waals surface area contributed by atoms with Gasteiger partial charge >= 0.3 is 0 Å². The molecule has 1 unspecified atom stereocenters. The number of likely N-dealkylation sites (tertiary alicyclic amines) is 1. The molecular weight excluding hydrogens is 394 g/mol. The molecule has 1 heterocycles. The quantitative estimate of drug-likeness (QED) is 0.403. The van der Waals surface area contributed by atoms with E-state index in [2.05, 4.69) is 30.5 Å². The average Bonchev–Trinajstić information content (AvgIpc) is 3.41. The van der Waals surface area contributed by atoms with Gasteiger partial charge in [0.2, 0.25) is 0 Å². The minimum atomic E-state index is -0.177. The highest BCUT2D eigenvalue weighted by atomic mass is 16.3. The predicted octanol–water partition coefficient (Wildman–Crippen LogP) is 6.05. The Labute approximate surface area is 194 Å². The molecule has 0 aromatic heterocycles. The van der Waals surface area contributed by atoms with Crippen LogP contribution in [0.1, 0.15) is 88.2 Å². The minimum absolute atomic E-state index is 0.0132. The van der Waals surface area contributed by atoms with Gasteiger partial charge in [-0.25, -0.2) is 0 Å². The van der Waals surface area contributed by atoms with E-state index in [0.29, 0.717) is 23.5 Å². The number of aryl methyl sites for hydroxylation is 1. The van der Waals surface area contributed by atoms with Crippen LogP contribution in [0.5, 0.6) is 5.75 Å². The number of allylic oxidation sites excluding steroid dienone is 1. The van der Waals surface area contributed by atoms with E-state index in [0.717, 1.165) is 32.1 Å². The number of hydrogen-bond acceptors (Lipinski definition) is 3. The number of unbranched alkanes of at least 4 members (excludes halogenated alkanes) is 2. The third-order valence-corrected chi connectivity index (χ3v) is 10.1. The summed E-state index contributed by atoms with van der Waals surface area (Å²) in [6.45, 7) is 10.7. The van der Waals surface area contributed by atoms with E-state index in [9.17, 15) is 10.2 Å². The summed E-state index contributed by atoms with van der Waals surface area (Å²) in [4.78, 5) is 2.63. The Morgan fingerprint density at radius 1 is 1.16 bits per heavy atom. The molecule has 0 spiro atoms. The molecule has 1 aromatic rings. The highest BCUT2D eigenvalue weighted by Crippen LogP contribution is 2.69. The van der Waals surface area contributed by atoms with Crippen molar-refractivity contribution in [2.75, 3.05) is 19.6 Å². The van der Waals surface area contributed by atoms with Gasteiger partial charge in [-0.1, -0.05) is 31.9 Å². The predicted molar refractivity (Wildman–Crippen MR) is 131 cm³/mol. The number of phenolic OH excluding ortho intramolecular Hbond substituents is 1. The summed E-state index contributed by atoms with van der Waals surface area (Å²) < 4.78 is 0. The molecule has 2 saturated carbocycles. The van der Waals surface area contributed by atoms with E-state index < -0.39 is 0 Å². The maximum absolute atomic E-state index is 11.1. The zero-order valence-electron chi connectivity index (χ0n) is 20.1. The molecule has 1 saturated heterocycles. The molecule has 1 aliphatic heterocycles. The van der Waals surface area contributed by atoms with Crippen molar-refractivity contribution in [1.29, 1.82) is 0 Å². The van der Waals surface area contributed by atoms with Crippen LogP contribution in [0.2, 0.25) is 0 Å². The summed E-state index contributed by atoms with van der Waals surface area (Å²) >= 11 is 0. The highest BCUT2D eigenvalue weighted by molar-refractivity contribution is 5.43. The first kappa shape index (κ1) is 22.5. The molecule has 3 heteroatoms. The van der Waals surface area contributed by atoms with Gasteiger partial charge in [0.15, 0.2) is 0 Å². The van der Waals surface area contributed by atoms with Gasteiger partial charge in [0.1, 0.15) is 5.75 Å². The van der Waals surface area contributed by atoms with Gasteiger partial charge in [-0.15, -0.1) is 6.58 Å². The molecule has 6 atom stereocenters. The van der Waals surface area contributed by atoms with Crippen molar-refractivity contribution in [2.24, 2.45) is 22.7 Å². The molecule has 3 nitrogen and oxygen atoms in total. The molecule has 3 aliphatic carbocycles. The van der Waals surface area contributed by atoms with Crippen LogP contribution in [0, 0.1) is 22.7 Å². The summed E-state index contributed by atoms with van der Waals surface area (Å²) in [5.74, 6) is 1.97. The van der Waals surface area contributed by atoms with E-state index in [1.54, 1.807) is 0 Å². The first-order valence-electron chi connectivity index (χ1n) is 13.3. The lowest BCUT2D eigenvalue weighted by Crippen LogP contribution is -2.54. The topological polar surface area (TPSA) is 43.7 Å². The van der Waals surface area contributed by atoms with Crippen LogP contribution < -0.4 is 0 Å². The Morgan fingerprint density at radius 2 is 1.97 bits per heavy atom. The number of aliphatic hydroxyl groups excluding tert-OH is 1. The highest BCUT2D eigenvalue weighted by Gasteiger charge is 2.63. The average molecular weight is 438 g/mol. The van der Waals surface area contributed by atoms with Crippen molar-refractivity contribution in [3.05, 3.63) is 42.0 Å². The second-order valence-electron chi connectivity index (χ2n) is 11.7. The Bertz CT molecular complexity index is 830.